The molecule has 0 unspecified atom stereocenters. The Bertz CT molecular complexity index is 1260. The molecule has 0 atom stereocenters. The zero-order valence-electron chi connectivity index (χ0n) is 17.5. The minimum atomic E-state index is -3.24. The molecule has 8 heteroatoms. The normalized spacial score (nSPS) is 17.1. The summed E-state index contributed by atoms with van der Waals surface area (Å²) < 4.78 is 24.5. The van der Waals surface area contributed by atoms with Crippen molar-refractivity contribution in [2.45, 2.75) is 30.6 Å². The number of aryl methyl sites for hydroxylation is 2. The van der Waals surface area contributed by atoms with Crippen molar-refractivity contribution < 1.29 is 13.2 Å². The summed E-state index contributed by atoms with van der Waals surface area (Å²) in [6, 6.07) is 11.3. The topological polar surface area (TPSA) is 70.6 Å². The quantitative estimate of drug-likeness (QED) is 0.604. The SMILES string of the molecule is CS(=O)(=O)c1ccc2nc(N3CCN(C(=O)c4ccc5c(c4)CCCC5)CC3)sc2c1. The monoisotopic (exact) mass is 455 g/mol. The maximum Gasteiger partial charge on any atom is 0.253 e. The molecule has 3 aromatic rings. The van der Waals surface area contributed by atoms with Crippen LogP contribution in [0.1, 0.15) is 34.3 Å². The molecule has 1 aromatic heterocycles. The lowest BCUT2D eigenvalue weighted by atomic mass is 9.90. The van der Waals surface area contributed by atoms with Crippen molar-refractivity contribution in [1.82, 2.24) is 9.88 Å². The molecule has 5 rings (SSSR count). The molecule has 0 N–H and O–H groups in total. The van der Waals surface area contributed by atoms with Crippen molar-refractivity contribution in [3.8, 4) is 0 Å². The van der Waals surface area contributed by atoms with Gasteiger partial charge in [0, 0.05) is 38.0 Å². The van der Waals surface area contributed by atoms with Gasteiger partial charge in [-0.25, -0.2) is 13.4 Å². The van der Waals surface area contributed by atoms with E-state index in [4.69, 9.17) is 0 Å². The van der Waals surface area contributed by atoms with Crippen LogP contribution in [0.2, 0.25) is 0 Å². The van der Waals surface area contributed by atoms with E-state index < -0.39 is 9.84 Å². The fraction of sp³-hybridized carbons (Fsp3) is 0.391. The summed E-state index contributed by atoms with van der Waals surface area (Å²) in [5.74, 6) is 0.107. The fourth-order valence-electron chi connectivity index (χ4n) is 4.41. The van der Waals surface area contributed by atoms with E-state index in [9.17, 15) is 13.2 Å². The second-order valence-corrected chi connectivity index (χ2v) is 11.4. The second kappa shape index (κ2) is 7.91. The highest BCUT2D eigenvalue weighted by molar-refractivity contribution is 7.90. The van der Waals surface area contributed by atoms with E-state index >= 15 is 0 Å². The van der Waals surface area contributed by atoms with Gasteiger partial charge in [-0.1, -0.05) is 17.4 Å². The van der Waals surface area contributed by atoms with E-state index in [0.717, 1.165) is 46.8 Å². The third-order valence-corrected chi connectivity index (χ3v) is 8.40. The van der Waals surface area contributed by atoms with Gasteiger partial charge in [-0.15, -0.1) is 0 Å². The standard InChI is InChI=1S/C23H25N3O3S2/c1-31(28,29)19-8-9-20-21(15-19)30-23(24-20)26-12-10-25(11-13-26)22(27)18-7-6-16-4-2-3-5-17(16)14-18/h6-9,14-15H,2-5,10-13H2,1H3. The van der Waals surface area contributed by atoms with Crippen LogP contribution in [0.4, 0.5) is 5.13 Å². The number of hydrogen-bond donors (Lipinski definition) is 0. The average Bonchev–Trinajstić information content (AvgIpc) is 3.21. The molecule has 2 aliphatic rings. The van der Waals surface area contributed by atoms with Gasteiger partial charge in [-0.2, -0.15) is 0 Å². The van der Waals surface area contributed by atoms with E-state index in [1.54, 1.807) is 18.2 Å². The first-order valence-corrected chi connectivity index (χ1v) is 13.4. The Morgan fingerprint density at radius 1 is 0.968 bits per heavy atom. The molecule has 1 aliphatic carbocycles. The van der Waals surface area contributed by atoms with Gasteiger partial charge in [0.2, 0.25) is 0 Å². The molecule has 162 valence electrons. The van der Waals surface area contributed by atoms with Gasteiger partial charge >= 0.3 is 0 Å². The molecule has 1 fully saturated rings. The zero-order valence-corrected chi connectivity index (χ0v) is 19.1. The molecule has 6 nitrogen and oxygen atoms in total. The molecule has 0 saturated carbocycles. The van der Waals surface area contributed by atoms with E-state index in [0.29, 0.717) is 18.0 Å². The molecule has 31 heavy (non-hydrogen) atoms. The molecule has 0 bridgehead atoms. The highest BCUT2D eigenvalue weighted by atomic mass is 32.2. The maximum atomic E-state index is 13.0. The number of aromatic nitrogens is 1. The fourth-order valence-corrected chi connectivity index (χ4v) is 6.19. The average molecular weight is 456 g/mol. The van der Waals surface area contributed by atoms with Gasteiger partial charge in [-0.3, -0.25) is 4.79 Å². The molecule has 1 aliphatic heterocycles. The predicted molar refractivity (Wildman–Crippen MR) is 124 cm³/mol. The summed E-state index contributed by atoms with van der Waals surface area (Å²) in [6.07, 6.45) is 5.86. The number of hydrogen-bond acceptors (Lipinski definition) is 6. The largest absolute Gasteiger partial charge is 0.345 e. The number of benzene rings is 2. The number of anilines is 1. The van der Waals surface area contributed by atoms with Crippen molar-refractivity contribution in [2.75, 3.05) is 37.3 Å². The highest BCUT2D eigenvalue weighted by Gasteiger charge is 2.25. The Labute approximate surface area is 186 Å². The molecule has 2 aromatic carbocycles. The minimum Gasteiger partial charge on any atom is -0.345 e. The van der Waals surface area contributed by atoms with Crippen molar-refractivity contribution in [1.29, 1.82) is 0 Å². The van der Waals surface area contributed by atoms with Gasteiger partial charge in [-0.05, 0) is 67.1 Å². The van der Waals surface area contributed by atoms with Crippen LogP contribution in [0.15, 0.2) is 41.3 Å². The molecule has 2 heterocycles. The van der Waals surface area contributed by atoms with Crippen LogP contribution < -0.4 is 4.90 Å². The smallest absolute Gasteiger partial charge is 0.253 e. The Morgan fingerprint density at radius 2 is 1.71 bits per heavy atom. The van der Waals surface area contributed by atoms with Crippen LogP contribution in [0.5, 0.6) is 0 Å². The number of carbonyl (C=O) groups excluding carboxylic acids is 1. The molecule has 1 saturated heterocycles. The van der Waals surface area contributed by atoms with Gasteiger partial charge in [0.1, 0.15) is 0 Å². The molecule has 1 amide bonds. The van der Waals surface area contributed by atoms with Crippen molar-refractivity contribution in [3.05, 3.63) is 53.1 Å². The predicted octanol–water partition coefficient (Wildman–Crippen LogP) is 3.54. The van der Waals surface area contributed by atoms with Crippen molar-refractivity contribution in [2.24, 2.45) is 0 Å². The number of thiazole rings is 1. The first-order chi connectivity index (χ1) is 14.9. The first-order valence-electron chi connectivity index (χ1n) is 10.7. The van der Waals surface area contributed by atoms with Gasteiger partial charge in [0.25, 0.3) is 5.91 Å². The minimum absolute atomic E-state index is 0.107. The van der Waals surface area contributed by atoms with Crippen LogP contribution in [-0.2, 0) is 22.7 Å². The maximum absolute atomic E-state index is 13.0. The lowest BCUT2D eigenvalue weighted by Gasteiger charge is -2.34. The van der Waals surface area contributed by atoms with E-state index in [2.05, 4.69) is 22.0 Å². The molecular weight excluding hydrogens is 430 g/mol. The number of sulfone groups is 1. The molecule has 0 spiro atoms. The highest BCUT2D eigenvalue weighted by Crippen LogP contribution is 2.31. The Kier molecular flexibility index (Phi) is 5.22. The third kappa shape index (κ3) is 4.06. The number of piperazine rings is 1. The van der Waals surface area contributed by atoms with Gasteiger partial charge in [0.05, 0.1) is 15.1 Å². The van der Waals surface area contributed by atoms with Crippen LogP contribution in [-0.4, -0.2) is 56.6 Å². The number of fused-ring (bicyclic) bond motifs is 2. The summed E-state index contributed by atoms with van der Waals surface area (Å²) in [5.41, 5.74) is 4.32. The lowest BCUT2D eigenvalue weighted by Crippen LogP contribution is -2.48. The van der Waals surface area contributed by atoms with Gasteiger partial charge < -0.3 is 9.80 Å². The number of rotatable bonds is 3. The van der Waals surface area contributed by atoms with E-state index in [-0.39, 0.29) is 5.91 Å². The van der Waals surface area contributed by atoms with Crippen molar-refractivity contribution in [3.63, 3.8) is 0 Å². The van der Waals surface area contributed by atoms with Gasteiger partial charge in [0.15, 0.2) is 15.0 Å². The number of carbonyl (C=O) groups is 1. The summed E-state index contributed by atoms with van der Waals surface area (Å²) in [6.45, 7) is 2.74. The van der Waals surface area contributed by atoms with Crippen molar-refractivity contribution >= 4 is 42.4 Å². The zero-order chi connectivity index (χ0) is 21.6. The second-order valence-electron chi connectivity index (χ2n) is 8.37. The van der Waals surface area contributed by atoms with Crippen LogP contribution in [0, 0.1) is 0 Å². The molecular formula is C23H25N3O3S2. The van der Waals surface area contributed by atoms with Crippen LogP contribution >= 0.6 is 11.3 Å². The number of amides is 1. The van der Waals surface area contributed by atoms with E-state index in [1.165, 1.54) is 41.6 Å². The van der Waals surface area contributed by atoms with Crippen LogP contribution in [0.25, 0.3) is 10.2 Å². The number of nitrogens with zero attached hydrogens (tertiary/aromatic N) is 3. The molecule has 0 radical (unpaired) electrons. The van der Waals surface area contributed by atoms with E-state index in [1.807, 2.05) is 11.0 Å². The Balaban J connectivity index is 1.28. The Morgan fingerprint density at radius 3 is 2.45 bits per heavy atom. The summed E-state index contributed by atoms with van der Waals surface area (Å²) in [4.78, 5) is 22.1. The van der Waals surface area contributed by atoms with Crippen LogP contribution in [0.3, 0.4) is 0 Å². The summed E-state index contributed by atoms with van der Waals surface area (Å²) >= 11 is 1.50. The third-order valence-electron chi connectivity index (χ3n) is 6.21. The summed E-state index contributed by atoms with van der Waals surface area (Å²) in [7, 11) is -3.24. The lowest BCUT2D eigenvalue weighted by molar-refractivity contribution is 0.0746. The first kappa shape index (κ1) is 20.5. The summed E-state index contributed by atoms with van der Waals surface area (Å²) in [5, 5.41) is 0.876. The Hall–Kier alpha value is -2.45.